The minimum Gasteiger partial charge on any atom is -0.507 e. The van der Waals surface area contributed by atoms with Crippen molar-refractivity contribution in [3.05, 3.63) is 60.6 Å². The van der Waals surface area contributed by atoms with Gasteiger partial charge in [0, 0.05) is 17.8 Å². The van der Waals surface area contributed by atoms with Crippen LogP contribution in [0.4, 0.5) is 5.82 Å². The normalized spacial score (nSPS) is 11.2. The molecule has 1 aromatic carbocycles. The summed E-state index contributed by atoms with van der Waals surface area (Å²) >= 11 is 0. The summed E-state index contributed by atoms with van der Waals surface area (Å²) in [5.74, 6) is 0.808. The summed E-state index contributed by atoms with van der Waals surface area (Å²) in [6.45, 7) is 0.377. The maximum atomic E-state index is 9.70. The number of hydrogen-bond donors (Lipinski definition) is 1. The van der Waals surface area contributed by atoms with Crippen LogP contribution < -0.4 is 0 Å². The SMILES string of the molecule is Oc1cccc2cc(CN=Nc3ccccn3)ncc12. The highest BCUT2D eigenvalue weighted by Gasteiger charge is 2.01. The van der Waals surface area contributed by atoms with E-state index in [1.165, 1.54) is 0 Å². The lowest BCUT2D eigenvalue weighted by Gasteiger charge is -2.01. The highest BCUT2D eigenvalue weighted by molar-refractivity contribution is 5.87. The number of hydrogen-bond acceptors (Lipinski definition) is 5. The number of pyridine rings is 2. The maximum Gasteiger partial charge on any atom is 0.173 e. The van der Waals surface area contributed by atoms with E-state index in [2.05, 4.69) is 20.2 Å². The Bertz CT molecular complexity index is 756. The van der Waals surface area contributed by atoms with Crippen molar-refractivity contribution >= 4 is 16.6 Å². The number of phenolic OH excluding ortho intramolecular Hbond substituents is 1. The van der Waals surface area contributed by atoms with Crippen molar-refractivity contribution in [2.75, 3.05) is 0 Å². The Labute approximate surface area is 115 Å². The molecule has 0 aliphatic carbocycles. The van der Waals surface area contributed by atoms with Crippen molar-refractivity contribution in [2.45, 2.75) is 6.54 Å². The molecule has 2 aromatic heterocycles. The molecule has 2 heterocycles. The molecule has 0 aliphatic rings. The third-order valence-electron chi connectivity index (χ3n) is 2.85. The zero-order valence-corrected chi connectivity index (χ0v) is 10.6. The van der Waals surface area contributed by atoms with Crippen molar-refractivity contribution < 1.29 is 5.11 Å². The van der Waals surface area contributed by atoms with Gasteiger partial charge in [-0.2, -0.15) is 5.11 Å². The number of azo groups is 1. The first-order valence-corrected chi connectivity index (χ1v) is 6.18. The van der Waals surface area contributed by atoms with E-state index < -0.39 is 0 Å². The van der Waals surface area contributed by atoms with Crippen LogP contribution in [0.15, 0.2) is 65.1 Å². The van der Waals surface area contributed by atoms with Crippen molar-refractivity contribution in [3.63, 3.8) is 0 Å². The van der Waals surface area contributed by atoms with E-state index in [1.54, 1.807) is 30.6 Å². The Balaban J connectivity index is 1.80. The lowest BCUT2D eigenvalue weighted by molar-refractivity contribution is 0.481. The number of phenols is 1. The average Bonchev–Trinajstić information content (AvgIpc) is 2.48. The van der Waals surface area contributed by atoms with E-state index in [4.69, 9.17) is 0 Å². The molecule has 5 heteroatoms. The molecule has 1 N–H and O–H groups in total. The van der Waals surface area contributed by atoms with E-state index in [1.807, 2.05) is 24.3 Å². The van der Waals surface area contributed by atoms with E-state index >= 15 is 0 Å². The van der Waals surface area contributed by atoms with E-state index in [9.17, 15) is 5.11 Å². The second kappa shape index (κ2) is 5.44. The summed E-state index contributed by atoms with van der Waals surface area (Å²) in [6.07, 6.45) is 3.32. The molecule has 0 bridgehead atoms. The first-order chi connectivity index (χ1) is 9.83. The standard InChI is InChI=1S/C15H12N4O/c20-14-5-3-4-11-8-12(17-10-13(11)14)9-18-19-15-6-1-2-7-16-15/h1-8,10,20H,9H2. The van der Waals surface area contributed by atoms with E-state index in [-0.39, 0.29) is 5.75 Å². The van der Waals surface area contributed by atoms with Crippen LogP contribution in [0.5, 0.6) is 5.75 Å². The third kappa shape index (κ3) is 2.61. The second-order valence-electron chi connectivity index (χ2n) is 4.26. The topological polar surface area (TPSA) is 70.7 Å². The van der Waals surface area contributed by atoms with Crippen LogP contribution >= 0.6 is 0 Å². The van der Waals surface area contributed by atoms with Gasteiger partial charge in [-0.05, 0) is 29.7 Å². The van der Waals surface area contributed by atoms with Crippen molar-refractivity contribution in [2.24, 2.45) is 10.2 Å². The van der Waals surface area contributed by atoms with Gasteiger partial charge in [-0.1, -0.05) is 18.2 Å². The van der Waals surface area contributed by atoms with Crippen molar-refractivity contribution in [3.8, 4) is 5.75 Å². The summed E-state index contributed by atoms with van der Waals surface area (Å²) in [7, 11) is 0. The Kier molecular flexibility index (Phi) is 3.33. The van der Waals surface area contributed by atoms with Crippen LogP contribution in [0.2, 0.25) is 0 Å². The van der Waals surface area contributed by atoms with E-state index in [0.29, 0.717) is 12.4 Å². The average molecular weight is 264 g/mol. The first kappa shape index (κ1) is 12.2. The van der Waals surface area contributed by atoms with Crippen LogP contribution in [-0.4, -0.2) is 15.1 Å². The number of fused-ring (bicyclic) bond motifs is 1. The highest BCUT2D eigenvalue weighted by atomic mass is 16.3. The highest BCUT2D eigenvalue weighted by Crippen LogP contribution is 2.23. The molecule has 0 atom stereocenters. The molecule has 0 aliphatic heterocycles. The summed E-state index contributed by atoms with van der Waals surface area (Å²) in [4.78, 5) is 8.32. The second-order valence-corrected chi connectivity index (χ2v) is 4.26. The smallest absolute Gasteiger partial charge is 0.173 e. The lowest BCUT2D eigenvalue weighted by Crippen LogP contribution is -1.87. The summed E-state index contributed by atoms with van der Waals surface area (Å²) in [5.41, 5.74) is 0.794. The van der Waals surface area contributed by atoms with Crippen LogP contribution in [0.1, 0.15) is 5.69 Å². The van der Waals surface area contributed by atoms with Gasteiger partial charge in [0.2, 0.25) is 0 Å². The quantitative estimate of drug-likeness (QED) is 0.734. The number of aromatic hydroxyl groups is 1. The molecule has 5 nitrogen and oxygen atoms in total. The molecule has 0 unspecified atom stereocenters. The molecule has 0 saturated carbocycles. The first-order valence-electron chi connectivity index (χ1n) is 6.18. The molecule has 3 rings (SSSR count). The molecular weight excluding hydrogens is 252 g/mol. The van der Waals surface area contributed by atoms with Gasteiger partial charge >= 0.3 is 0 Å². The Morgan fingerprint density at radius 1 is 1.05 bits per heavy atom. The van der Waals surface area contributed by atoms with Gasteiger partial charge in [0.1, 0.15) is 12.3 Å². The monoisotopic (exact) mass is 264 g/mol. The van der Waals surface area contributed by atoms with Crippen LogP contribution in [0.25, 0.3) is 10.8 Å². The molecule has 0 fully saturated rings. The Morgan fingerprint density at radius 3 is 2.85 bits per heavy atom. The molecule has 0 spiro atoms. The summed E-state index contributed by atoms with van der Waals surface area (Å²) in [6, 6.07) is 12.7. The van der Waals surface area contributed by atoms with Gasteiger partial charge in [0.05, 0.1) is 5.69 Å². The fourth-order valence-electron chi connectivity index (χ4n) is 1.88. The van der Waals surface area contributed by atoms with Gasteiger partial charge < -0.3 is 5.11 Å². The Hall–Kier alpha value is -2.82. The van der Waals surface area contributed by atoms with Crippen LogP contribution in [-0.2, 0) is 6.54 Å². The fraction of sp³-hybridized carbons (Fsp3) is 0.0667. The molecule has 0 radical (unpaired) electrons. The van der Waals surface area contributed by atoms with Gasteiger partial charge in [0.25, 0.3) is 0 Å². The number of nitrogens with zero attached hydrogens (tertiary/aromatic N) is 4. The van der Waals surface area contributed by atoms with Gasteiger partial charge in [0.15, 0.2) is 5.82 Å². The molecular formula is C15H12N4O. The number of aromatic nitrogens is 2. The van der Waals surface area contributed by atoms with Crippen molar-refractivity contribution in [1.82, 2.24) is 9.97 Å². The summed E-state index contributed by atoms with van der Waals surface area (Å²) < 4.78 is 0. The molecule has 0 amide bonds. The zero-order valence-electron chi connectivity index (χ0n) is 10.6. The van der Waals surface area contributed by atoms with Crippen LogP contribution in [0, 0.1) is 0 Å². The zero-order chi connectivity index (χ0) is 13.8. The molecule has 0 saturated heterocycles. The third-order valence-corrected chi connectivity index (χ3v) is 2.85. The molecule has 20 heavy (non-hydrogen) atoms. The van der Waals surface area contributed by atoms with Gasteiger partial charge in [-0.25, -0.2) is 4.98 Å². The largest absolute Gasteiger partial charge is 0.507 e. The predicted octanol–water partition coefficient (Wildman–Crippen LogP) is 3.62. The minimum absolute atomic E-state index is 0.233. The minimum atomic E-state index is 0.233. The predicted molar refractivity (Wildman–Crippen MR) is 75.9 cm³/mol. The van der Waals surface area contributed by atoms with Crippen molar-refractivity contribution in [1.29, 1.82) is 0 Å². The number of rotatable bonds is 3. The lowest BCUT2D eigenvalue weighted by atomic mass is 10.1. The van der Waals surface area contributed by atoms with Gasteiger partial charge in [-0.15, -0.1) is 5.11 Å². The Morgan fingerprint density at radius 2 is 2.00 bits per heavy atom. The van der Waals surface area contributed by atoms with E-state index in [0.717, 1.165) is 16.5 Å². The summed E-state index contributed by atoms with van der Waals surface area (Å²) in [5, 5.41) is 19.5. The molecule has 3 aromatic rings. The number of benzene rings is 1. The van der Waals surface area contributed by atoms with Crippen LogP contribution in [0.3, 0.4) is 0 Å². The van der Waals surface area contributed by atoms with Gasteiger partial charge in [-0.3, -0.25) is 4.98 Å². The fourth-order valence-corrected chi connectivity index (χ4v) is 1.88. The molecule has 98 valence electrons. The maximum absolute atomic E-state index is 9.70.